The smallest absolute Gasteiger partial charge is 0.248 e. The number of benzene rings is 2. The molecule has 2 nitrogen and oxygen atoms in total. The highest BCUT2D eigenvalue weighted by Gasteiger charge is 2.20. The first-order valence-corrected chi connectivity index (χ1v) is 6.81. The number of carbonyl (C=O) groups excluding carboxylic acids is 1. The number of hydrogen-bond acceptors (Lipinski definition) is 1. The first-order chi connectivity index (χ1) is 9.65. The van der Waals surface area contributed by atoms with Crippen molar-refractivity contribution in [2.45, 2.75) is 20.3 Å². The average molecular weight is 263 g/mol. The number of rotatable bonds is 2. The summed E-state index contributed by atoms with van der Waals surface area (Å²) >= 11 is 0. The maximum Gasteiger partial charge on any atom is 0.248 e. The van der Waals surface area contributed by atoms with E-state index in [1.54, 1.807) is 6.08 Å². The Bertz CT molecular complexity index is 709. The number of amides is 1. The molecule has 0 unspecified atom stereocenters. The maximum atomic E-state index is 11.9. The lowest BCUT2D eigenvalue weighted by atomic mass is 10.0. The zero-order valence-electron chi connectivity index (χ0n) is 11.7. The molecule has 2 aromatic rings. The third-order valence-corrected chi connectivity index (χ3v) is 3.53. The zero-order chi connectivity index (χ0) is 14.1. The number of nitrogens with one attached hydrogen (secondary N) is 1. The second-order valence-electron chi connectivity index (χ2n) is 5.38. The van der Waals surface area contributed by atoms with Crippen LogP contribution in [0.15, 0.2) is 54.1 Å². The molecular formula is C18H17NO. The molecule has 0 aromatic heterocycles. The summed E-state index contributed by atoms with van der Waals surface area (Å²) in [6, 6.07) is 14.5. The molecule has 0 bridgehead atoms. The lowest BCUT2D eigenvalue weighted by Crippen LogP contribution is -2.10. The van der Waals surface area contributed by atoms with Crippen molar-refractivity contribution in [2.24, 2.45) is 0 Å². The van der Waals surface area contributed by atoms with Crippen LogP contribution < -0.4 is 5.32 Å². The van der Waals surface area contributed by atoms with Crippen LogP contribution in [0.1, 0.15) is 25.0 Å². The SMILES string of the molecule is CC(C)=CC(=O)Nc1cccc2c1Cc1ccccc1-2. The highest BCUT2D eigenvalue weighted by Crippen LogP contribution is 2.39. The van der Waals surface area contributed by atoms with Gasteiger partial charge in [0.1, 0.15) is 0 Å². The molecule has 1 N–H and O–H groups in total. The molecule has 0 spiro atoms. The summed E-state index contributed by atoms with van der Waals surface area (Å²) in [6.45, 7) is 3.84. The van der Waals surface area contributed by atoms with E-state index in [1.165, 1.54) is 22.3 Å². The number of carbonyl (C=O) groups is 1. The molecule has 100 valence electrons. The highest BCUT2D eigenvalue weighted by atomic mass is 16.1. The highest BCUT2D eigenvalue weighted by molar-refractivity contribution is 6.01. The second-order valence-corrected chi connectivity index (χ2v) is 5.38. The van der Waals surface area contributed by atoms with Gasteiger partial charge in [-0.05, 0) is 42.2 Å². The van der Waals surface area contributed by atoms with Crippen LogP contribution in [0, 0.1) is 0 Å². The van der Waals surface area contributed by atoms with Gasteiger partial charge < -0.3 is 5.32 Å². The quantitative estimate of drug-likeness (QED) is 0.691. The van der Waals surface area contributed by atoms with Gasteiger partial charge in [0.05, 0.1) is 0 Å². The van der Waals surface area contributed by atoms with Gasteiger partial charge in [0.25, 0.3) is 0 Å². The van der Waals surface area contributed by atoms with Crippen molar-refractivity contribution in [3.63, 3.8) is 0 Å². The van der Waals surface area contributed by atoms with Crippen molar-refractivity contribution in [3.05, 3.63) is 65.2 Å². The van der Waals surface area contributed by atoms with Crippen molar-refractivity contribution in [3.8, 4) is 11.1 Å². The Morgan fingerprint density at radius 3 is 2.60 bits per heavy atom. The van der Waals surface area contributed by atoms with Gasteiger partial charge in [-0.25, -0.2) is 0 Å². The molecule has 0 radical (unpaired) electrons. The first kappa shape index (κ1) is 12.7. The van der Waals surface area contributed by atoms with E-state index in [0.29, 0.717) is 0 Å². The first-order valence-electron chi connectivity index (χ1n) is 6.81. The molecule has 20 heavy (non-hydrogen) atoms. The second kappa shape index (κ2) is 4.97. The topological polar surface area (TPSA) is 29.1 Å². The minimum atomic E-state index is -0.0608. The van der Waals surface area contributed by atoms with Gasteiger partial charge in [-0.15, -0.1) is 0 Å². The van der Waals surface area contributed by atoms with Gasteiger partial charge in [0, 0.05) is 18.2 Å². The fourth-order valence-electron chi connectivity index (χ4n) is 2.71. The number of anilines is 1. The third kappa shape index (κ3) is 2.25. The van der Waals surface area contributed by atoms with Crippen LogP contribution in [0.25, 0.3) is 11.1 Å². The van der Waals surface area contributed by atoms with Gasteiger partial charge >= 0.3 is 0 Å². The molecule has 0 aliphatic heterocycles. The normalized spacial score (nSPS) is 11.5. The predicted molar refractivity (Wildman–Crippen MR) is 82.7 cm³/mol. The molecule has 0 saturated carbocycles. The lowest BCUT2D eigenvalue weighted by molar-refractivity contribution is -0.111. The van der Waals surface area contributed by atoms with E-state index in [2.05, 4.69) is 35.6 Å². The Labute approximate surface area is 119 Å². The van der Waals surface area contributed by atoms with E-state index >= 15 is 0 Å². The monoisotopic (exact) mass is 263 g/mol. The standard InChI is InChI=1S/C18H17NO/c1-12(2)10-18(20)19-17-9-5-8-15-14-7-4-3-6-13(14)11-16(15)17/h3-10H,11H2,1-2H3,(H,19,20). The van der Waals surface area contributed by atoms with Gasteiger partial charge in [-0.2, -0.15) is 0 Å². The van der Waals surface area contributed by atoms with Crippen molar-refractivity contribution >= 4 is 11.6 Å². The van der Waals surface area contributed by atoms with Crippen LogP contribution in [-0.4, -0.2) is 5.91 Å². The van der Waals surface area contributed by atoms with Crippen LogP contribution in [-0.2, 0) is 11.2 Å². The van der Waals surface area contributed by atoms with E-state index in [1.807, 2.05) is 26.0 Å². The maximum absolute atomic E-state index is 11.9. The molecule has 3 rings (SSSR count). The molecule has 0 heterocycles. The Balaban J connectivity index is 1.97. The van der Waals surface area contributed by atoms with Gasteiger partial charge in [-0.3, -0.25) is 4.79 Å². The predicted octanol–water partition coefficient (Wildman–Crippen LogP) is 4.16. The van der Waals surface area contributed by atoms with Crippen LogP contribution >= 0.6 is 0 Å². The van der Waals surface area contributed by atoms with Crippen LogP contribution in [0.5, 0.6) is 0 Å². The number of allylic oxidation sites excluding steroid dienone is 1. The third-order valence-electron chi connectivity index (χ3n) is 3.53. The van der Waals surface area contributed by atoms with Crippen molar-refractivity contribution < 1.29 is 4.79 Å². The summed E-state index contributed by atoms with van der Waals surface area (Å²) in [7, 11) is 0. The Morgan fingerprint density at radius 1 is 1.05 bits per heavy atom. The molecule has 0 fully saturated rings. The summed E-state index contributed by atoms with van der Waals surface area (Å²) in [6.07, 6.45) is 2.51. The van der Waals surface area contributed by atoms with Gasteiger partial charge in [-0.1, -0.05) is 42.0 Å². The fourth-order valence-corrected chi connectivity index (χ4v) is 2.71. The average Bonchev–Trinajstić information content (AvgIpc) is 2.78. The fraction of sp³-hybridized carbons (Fsp3) is 0.167. The van der Waals surface area contributed by atoms with Crippen LogP contribution in [0.3, 0.4) is 0 Å². The largest absolute Gasteiger partial charge is 0.322 e. The summed E-state index contributed by atoms with van der Waals surface area (Å²) < 4.78 is 0. The van der Waals surface area contributed by atoms with E-state index in [9.17, 15) is 4.79 Å². The summed E-state index contributed by atoms with van der Waals surface area (Å²) in [5.74, 6) is -0.0608. The van der Waals surface area contributed by atoms with Gasteiger partial charge in [0.2, 0.25) is 5.91 Å². The summed E-state index contributed by atoms with van der Waals surface area (Å²) in [5.41, 5.74) is 6.96. The Morgan fingerprint density at radius 2 is 1.80 bits per heavy atom. The van der Waals surface area contributed by atoms with E-state index in [-0.39, 0.29) is 5.91 Å². The van der Waals surface area contributed by atoms with Crippen LogP contribution in [0.2, 0.25) is 0 Å². The van der Waals surface area contributed by atoms with E-state index in [0.717, 1.165) is 17.7 Å². The van der Waals surface area contributed by atoms with E-state index < -0.39 is 0 Å². The molecular weight excluding hydrogens is 246 g/mol. The minimum absolute atomic E-state index is 0.0608. The van der Waals surface area contributed by atoms with Crippen LogP contribution in [0.4, 0.5) is 5.69 Å². The van der Waals surface area contributed by atoms with Crippen molar-refractivity contribution in [1.82, 2.24) is 0 Å². The molecule has 1 aliphatic carbocycles. The molecule has 2 aromatic carbocycles. The Hall–Kier alpha value is -2.35. The molecule has 0 saturated heterocycles. The Kier molecular flexibility index (Phi) is 3.15. The lowest BCUT2D eigenvalue weighted by Gasteiger charge is -2.09. The van der Waals surface area contributed by atoms with Gasteiger partial charge in [0.15, 0.2) is 0 Å². The van der Waals surface area contributed by atoms with Crippen molar-refractivity contribution in [1.29, 1.82) is 0 Å². The molecule has 1 amide bonds. The molecule has 2 heteroatoms. The number of hydrogen-bond donors (Lipinski definition) is 1. The number of fused-ring (bicyclic) bond motifs is 3. The summed E-state index contributed by atoms with van der Waals surface area (Å²) in [4.78, 5) is 11.9. The minimum Gasteiger partial charge on any atom is -0.322 e. The molecule has 1 aliphatic rings. The summed E-state index contributed by atoms with van der Waals surface area (Å²) in [5, 5.41) is 2.99. The van der Waals surface area contributed by atoms with Crippen molar-refractivity contribution in [2.75, 3.05) is 5.32 Å². The van der Waals surface area contributed by atoms with E-state index in [4.69, 9.17) is 0 Å². The molecule has 0 atom stereocenters. The zero-order valence-corrected chi connectivity index (χ0v) is 11.7.